The molecule has 0 unspecified atom stereocenters. The van der Waals surface area contributed by atoms with Gasteiger partial charge in [0.05, 0.1) is 13.2 Å². The number of carbonyl (C=O) groups excluding carboxylic acids is 8. The van der Waals surface area contributed by atoms with Crippen molar-refractivity contribution in [3.05, 3.63) is 12.2 Å². The van der Waals surface area contributed by atoms with Crippen LogP contribution in [0.1, 0.15) is 55.4 Å². The lowest BCUT2D eigenvalue weighted by molar-refractivity contribution is -0.306. The van der Waals surface area contributed by atoms with Crippen LogP contribution in [0.15, 0.2) is 12.2 Å². The number of carbonyl (C=O) groups is 8. The summed E-state index contributed by atoms with van der Waals surface area (Å²) < 4.78 is 65.4. The van der Waals surface area contributed by atoms with Crippen LogP contribution in [-0.2, 0) is 95.2 Å². The van der Waals surface area contributed by atoms with Crippen LogP contribution in [0.4, 0.5) is 0 Å². The Hall–Kier alpha value is -4.66. The number of esters is 8. The van der Waals surface area contributed by atoms with E-state index in [9.17, 15) is 38.4 Å². The van der Waals surface area contributed by atoms with E-state index in [1.165, 1.54) is 12.2 Å². The second-order valence-corrected chi connectivity index (χ2v) is 11.3. The molecular weight excluding hydrogens is 704 g/mol. The summed E-state index contributed by atoms with van der Waals surface area (Å²) in [5.74, 6) is -6.21. The first-order chi connectivity index (χ1) is 24.4. The predicted molar refractivity (Wildman–Crippen MR) is 165 cm³/mol. The SMILES string of the molecule is CC(=O)OC[C@H]1O[C@@H](OC/C=C\CO[C@@H]2O[C@H](COC(C)=O)[C@H](OC(C)=O)[C@H](OC(C)=O)[C@H]2OC(C)=O)[C@H](OC(C)=O)[C@@H](OC(C)=O)[C@H]1OC(C)=O. The van der Waals surface area contributed by atoms with Crippen molar-refractivity contribution >= 4 is 47.8 Å². The van der Waals surface area contributed by atoms with Crippen LogP contribution in [0, 0.1) is 0 Å². The lowest BCUT2D eigenvalue weighted by Crippen LogP contribution is -2.63. The summed E-state index contributed by atoms with van der Waals surface area (Å²) in [6, 6.07) is 0. The van der Waals surface area contributed by atoms with Gasteiger partial charge < -0.3 is 56.8 Å². The van der Waals surface area contributed by atoms with Crippen LogP contribution >= 0.6 is 0 Å². The molecule has 2 heterocycles. The predicted octanol–water partition coefficient (Wildman–Crippen LogP) is -0.258. The smallest absolute Gasteiger partial charge is 0.303 e. The van der Waals surface area contributed by atoms with E-state index < -0.39 is 122 Å². The molecule has 2 aliphatic rings. The van der Waals surface area contributed by atoms with Gasteiger partial charge in [0, 0.05) is 55.4 Å². The highest BCUT2D eigenvalue weighted by Gasteiger charge is 2.54. The Balaban J connectivity index is 2.27. The van der Waals surface area contributed by atoms with E-state index in [0.717, 1.165) is 55.4 Å². The molecule has 0 amide bonds. The normalized spacial score (nSPS) is 28.5. The van der Waals surface area contributed by atoms with E-state index in [1.54, 1.807) is 0 Å². The minimum absolute atomic E-state index is 0.254. The molecule has 2 aliphatic heterocycles. The molecule has 52 heavy (non-hydrogen) atoms. The van der Waals surface area contributed by atoms with E-state index >= 15 is 0 Å². The molecule has 10 atom stereocenters. The largest absolute Gasteiger partial charge is 0.463 e. The van der Waals surface area contributed by atoms with Gasteiger partial charge in [0.1, 0.15) is 25.4 Å². The van der Waals surface area contributed by atoms with E-state index in [4.69, 9.17) is 56.8 Å². The van der Waals surface area contributed by atoms with Gasteiger partial charge in [0.2, 0.25) is 0 Å². The summed E-state index contributed by atoms with van der Waals surface area (Å²) in [6.07, 6.45) is -10.9. The Morgan fingerprint density at radius 1 is 0.404 bits per heavy atom. The van der Waals surface area contributed by atoms with Gasteiger partial charge >= 0.3 is 47.8 Å². The first-order valence-electron chi connectivity index (χ1n) is 15.9. The first kappa shape index (κ1) is 43.5. The van der Waals surface area contributed by atoms with Crippen LogP contribution in [-0.4, -0.2) is 136 Å². The molecule has 0 N–H and O–H groups in total. The van der Waals surface area contributed by atoms with Gasteiger partial charge in [-0.3, -0.25) is 38.4 Å². The zero-order valence-electron chi connectivity index (χ0n) is 29.9. The zero-order valence-corrected chi connectivity index (χ0v) is 29.9. The van der Waals surface area contributed by atoms with Crippen LogP contribution in [0.25, 0.3) is 0 Å². The number of hydrogen-bond donors (Lipinski definition) is 0. The molecule has 0 radical (unpaired) electrons. The summed E-state index contributed by atoms with van der Waals surface area (Å²) in [5.41, 5.74) is 0. The lowest BCUT2D eigenvalue weighted by Gasteiger charge is -2.44. The van der Waals surface area contributed by atoms with Crippen molar-refractivity contribution < 1.29 is 95.2 Å². The Bertz CT molecular complexity index is 1230. The van der Waals surface area contributed by atoms with Crippen LogP contribution in [0.3, 0.4) is 0 Å². The maximum atomic E-state index is 12.0. The highest BCUT2D eigenvalue weighted by atomic mass is 16.7. The number of hydrogen-bond acceptors (Lipinski definition) is 20. The van der Waals surface area contributed by atoms with Crippen molar-refractivity contribution in [1.82, 2.24) is 0 Å². The number of ether oxygens (including phenoxy) is 12. The average molecular weight is 749 g/mol. The molecule has 20 heteroatoms. The molecule has 0 spiro atoms. The maximum absolute atomic E-state index is 12.0. The molecule has 0 aliphatic carbocycles. The van der Waals surface area contributed by atoms with Crippen LogP contribution < -0.4 is 0 Å². The Labute approximate surface area is 298 Å². The summed E-state index contributed by atoms with van der Waals surface area (Å²) in [6.45, 7) is 7.37. The number of rotatable bonds is 16. The van der Waals surface area contributed by atoms with Gasteiger partial charge in [-0.25, -0.2) is 0 Å². The Kier molecular flexibility index (Phi) is 17.6. The molecule has 2 rings (SSSR count). The maximum Gasteiger partial charge on any atom is 0.303 e. The molecule has 0 aromatic carbocycles. The topological polar surface area (TPSA) is 247 Å². The quantitative estimate of drug-likeness (QED) is 0.112. The molecule has 292 valence electrons. The van der Waals surface area contributed by atoms with Crippen molar-refractivity contribution in [2.75, 3.05) is 26.4 Å². The first-order valence-corrected chi connectivity index (χ1v) is 15.9. The third-order valence-corrected chi connectivity index (χ3v) is 6.78. The molecule has 20 nitrogen and oxygen atoms in total. The zero-order chi connectivity index (χ0) is 39.1. The third kappa shape index (κ3) is 14.5. The average Bonchev–Trinajstić information content (AvgIpc) is 3.00. The summed E-state index contributed by atoms with van der Waals surface area (Å²) in [4.78, 5) is 95.0. The van der Waals surface area contributed by atoms with E-state index in [-0.39, 0.29) is 13.2 Å². The minimum Gasteiger partial charge on any atom is -0.463 e. The minimum atomic E-state index is -1.44. The highest BCUT2D eigenvalue weighted by molar-refractivity contribution is 5.70. The summed E-state index contributed by atoms with van der Waals surface area (Å²) in [5, 5.41) is 0. The molecule has 2 saturated heterocycles. The van der Waals surface area contributed by atoms with Crippen molar-refractivity contribution in [3.63, 3.8) is 0 Å². The third-order valence-electron chi connectivity index (χ3n) is 6.78. The van der Waals surface area contributed by atoms with Gasteiger partial charge in [-0.05, 0) is 0 Å². The fourth-order valence-corrected chi connectivity index (χ4v) is 5.08. The second kappa shape index (κ2) is 21.0. The van der Waals surface area contributed by atoms with E-state index in [0.29, 0.717) is 0 Å². The molecule has 0 saturated carbocycles. The van der Waals surface area contributed by atoms with Crippen molar-refractivity contribution in [2.45, 2.75) is 117 Å². The van der Waals surface area contributed by atoms with Crippen LogP contribution in [0.2, 0.25) is 0 Å². The fourth-order valence-electron chi connectivity index (χ4n) is 5.08. The van der Waals surface area contributed by atoms with Crippen LogP contribution in [0.5, 0.6) is 0 Å². The van der Waals surface area contributed by atoms with E-state index in [2.05, 4.69) is 0 Å². The second-order valence-electron chi connectivity index (χ2n) is 11.3. The standard InChI is InChI=1S/C32H44O20/c1-15(33)43-13-23-25(45-17(3)35)27(47-19(5)37)29(49-21(7)39)31(51-23)41-11-9-10-12-42-32-30(50-22(8)40)28(48-20(6)38)26(46-18(4)36)24(52-32)14-44-16(2)34/h9-10,23-32H,11-14H2,1-8H3/b10-9-/t23-,24-,25+,26+,27+,28+,29-,30-,31-,32-/m1/s1. The lowest BCUT2D eigenvalue weighted by atomic mass is 9.98. The van der Waals surface area contributed by atoms with E-state index in [1.807, 2.05) is 0 Å². The van der Waals surface area contributed by atoms with Gasteiger partial charge in [-0.15, -0.1) is 0 Å². The molecule has 0 aromatic heterocycles. The molecule has 0 aromatic rings. The summed E-state index contributed by atoms with van der Waals surface area (Å²) in [7, 11) is 0. The Morgan fingerprint density at radius 2 is 0.673 bits per heavy atom. The monoisotopic (exact) mass is 748 g/mol. The van der Waals surface area contributed by atoms with Gasteiger partial charge in [-0.2, -0.15) is 0 Å². The van der Waals surface area contributed by atoms with Gasteiger partial charge in [-0.1, -0.05) is 12.2 Å². The molecule has 0 bridgehead atoms. The van der Waals surface area contributed by atoms with Gasteiger partial charge in [0.25, 0.3) is 0 Å². The molecular formula is C32H44O20. The summed E-state index contributed by atoms with van der Waals surface area (Å²) >= 11 is 0. The molecule has 2 fully saturated rings. The Morgan fingerprint density at radius 3 is 0.942 bits per heavy atom. The van der Waals surface area contributed by atoms with Crippen molar-refractivity contribution in [1.29, 1.82) is 0 Å². The van der Waals surface area contributed by atoms with Crippen molar-refractivity contribution in [3.8, 4) is 0 Å². The highest BCUT2D eigenvalue weighted by Crippen LogP contribution is 2.31. The fraction of sp³-hybridized carbons (Fsp3) is 0.688. The van der Waals surface area contributed by atoms with Gasteiger partial charge in [0.15, 0.2) is 49.2 Å². The van der Waals surface area contributed by atoms with Crippen molar-refractivity contribution in [2.24, 2.45) is 0 Å².